The van der Waals surface area contributed by atoms with Gasteiger partial charge in [0, 0.05) is 17.2 Å². The molecule has 0 saturated heterocycles. The van der Waals surface area contributed by atoms with Crippen LogP contribution in [0.4, 0.5) is 5.69 Å². The molecule has 2 aromatic heterocycles. The zero-order chi connectivity index (χ0) is 17.6. The normalized spacial score (nSPS) is 13.9. The lowest BCUT2D eigenvalue weighted by atomic mass is 10.2. The van der Waals surface area contributed by atoms with Crippen molar-refractivity contribution in [2.45, 2.75) is 32.6 Å². The zero-order valence-corrected chi connectivity index (χ0v) is 15.5. The van der Waals surface area contributed by atoms with E-state index in [4.69, 9.17) is 4.42 Å². The maximum absolute atomic E-state index is 12.5. The maximum Gasteiger partial charge on any atom is 0.260 e. The molecule has 0 unspecified atom stereocenters. The van der Waals surface area contributed by atoms with E-state index in [2.05, 4.69) is 36.4 Å². The van der Waals surface area contributed by atoms with E-state index >= 15 is 0 Å². The molecule has 1 fully saturated rings. The van der Waals surface area contributed by atoms with Gasteiger partial charge in [0.15, 0.2) is 5.82 Å². The summed E-state index contributed by atoms with van der Waals surface area (Å²) < 4.78 is 6.17. The minimum Gasteiger partial charge on any atom is -0.465 e. The summed E-state index contributed by atoms with van der Waals surface area (Å²) in [7, 11) is 0. The fraction of sp³-hybridized carbons (Fsp3) is 0.278. The Morgan fingerprint density at radius 2 is 1.96 bits per heavy atom. The molecule has 0 bridgehead atoms. The number of H-pyrrole nitrogens is 1. The molecule has 0 spiro atoms. The van der Waals surface area contributed by atoms with Crippen LogP contribution < -0.4 is 5.32 Å². The average molecular weight is 401 g/mol. The molecule has 1 saturated carbocycles. The number of anilines is 1. The van der Waals surface area contributed by atoms with E-state index in [1.165, 1.54) is 12.8 Å². The molecule has 1 aliphatic carbocycles. The minimum atomic E-state index is -0.206. The number of rotatable bonds is 4. The summed E-state index contributed by atoms with van der Waals surface area (Å²) in [5.74, 6) is 3.26. The van der Waals surface area contributed by atoms with Gasteiger partial charge in [-0.25, -0.2) is 4.98 Å². The number of aromatic nitrogens is 3. The lowest BCUT2D eigenvalue weighted by Gasteiger charge is -2.05. The van der Waals surface area contributed by atoms with Crippen LogP contribution in [-0.4, -0.2) is 21.1 Å². The number of halogens is 1. The Balaban J connectivity index is 1.50. The highest BCUT2D eigenvalue weighted by Crippen LogP contribution is 2.38. The molecule has 1 aliphatic rings. The van der Waals surface area contributed by atoms with Gasteiger partial charge in [-0.05, 0) is 66.9 Å². The number of furan rings is 1. The van der Waals surface area contributed by atoms with Crippen LogP contribution in [-0.2, 0) is 0 Å². The third kappa shape index (κ3) is 3.11. The SMILES string of the molecule is Cc1oc(C)c(C(=O)Nc2ccc(-c3n[nH]c(C4CC4)n3)cc2)c1Br. The first-order valence-corrected chi connectivity index (χ1v) is 8.92. The summed E-state index contributed by atoms with van der Waals surface area (Å²) in [4.78, 5) is 17.0. The number of amides is 1. The average Bonchev–Trinajstić information content (AvgIpc) is 3.26. The monoisotopic (exact) mass is 400 g/mol. The van der Waals surface area contributed by atoms with Crippen molar-refractivity contribution in [3.05, 3.63) is 51.6 Å². The standard InChI is InChI=1S/C18H17BrN4O2/c1-9-14(15(19)10(2)25-9)18(24)20-13-7-5-12(6-8-13)17-21-16(22-23-17)11-3-4-11/h5-8,11H,3-4H2,1-2H3,(H,20,24)(H,21,22,23). The molecule has 2 N–H and O–H groups in total. The van der Waals surface area contributed by atoms with Gasteiger partial charge in [0.1, 0.15) is 17.3 Å². The van der Waals surface area contributed by atoms with E-state index < -0.39 is 0 Å². The summed E-state index contributed by atoms with van der Waals surface area (Å²) in [6.07, 6.45) is 2.37. The molecule has 25 heavy (non-hydrogen) atoms. The first-order valence-electron chi connectivity index (χ1n) is 8.12. The van der Waals surface area contributed by atoms with Crippen LogP contribution in [0, 0.1) is 13.8 Å². The number of carbonyl (C=O) groups excluding carboxylic acids is 1. The molecular weight excluding hydrogens is 384 g/mol. The fourth-order valence-corrected chi connectivity index (χ4v) is 3.29. The first-order chi connectivity index (χ1) is 12.0. The molecule has 0 radical (unpaired) electrons. The van der Waals surface area contributed by atoms with E-state index in [-0.39, 0.29) is 5.91 Å². The fourth-order valence-electron chi connectivity index (χ4n) is 2.75. The highest BCUT2D eigenvalue weighted by molar-refractivity contribution is 9.10. The summed E-state index contributed by atoms with van der Waals surface area (Å²) in [6.45, 7) is 3.59. The molecule has 128 valence electrons. The number of hydrogen-bond donors (Lipinski definition) is 2. The third-order valence-electron chi connectivity index (χ3n) is 4.28. The van der Waals surface area contributed by atoms with Gasteiger partial charge in [0.2, 0.25) is 0 Å². The molecule has 4 rings (SSSR count). The smallest absolute Gasteiger partial charge is 0.260 e. The molecule has 0 atom stereocenters. The van der Waals surface area contributed by atoms with Gasteiger partial charge < -0.3 is 9.73 Å². The van der Waals surface area contributed by atoms with E-state index in [0.717, 1.165) is 11.4 Å². The van der Waals surface area contributed by atoms with Crippen LogP contribution in [0.1, 0.15) is 46.5 Å². The Morgan fingerprint density at radius 1 is 1.24 bits per heavy atom. The van der Waals surface area contributed by atoms with Gasteiger partial charge >= 0.3 is 0 Å². The number of nitrogens with one attached hydrogen (secondary N) is 2. The van der Waals surface area contributed by atoms with E-state index in [1.807, 2.05) is 31.2 Å². The summed E-state index contributed by atoms with van der Waals surface area (Å²) >= 11 is 3.40. The number of aromatic amines is 1. The highest BCUT2D eigenvalue weighted by Gasteiger charge is 2.27. The van der Waals surface area contributed by atoms with Crippen LogP contribution in [0.15, 0.2) is 33.2 Å². The van der Waals surface area contributed by atoms with Gasteiger partial charge in [0.05, 0.1) is 10.0 Å². The number of hydrogen-bond acceptors (Lipinski definition) is 4. The molecule has 1 aromatic carbocycles. The Morgan fingerprint density at radius 3 is 2.56 bits per heavy atom. The second kappa shape index (κ2) is 6.15. The van der Waals surface area contributed by atoms with Crippen molar-refractivity contribution in [2.75, 3.05) is 5.32 Å². The van der Waals surface area contributed by atoms with Gasteiger partial charge in [-0.1, -0.05) is 0 Å². The van der Waals surface area contributed by atoms with Crippen LogP contribution in [0.2, 0.25) is 0 Å². The van der Waals surface area contributed by atoms with E-state index in [0.29, 0.717) is 39.0 Å². The zero-order valence-electron chi connectivity index (χ0n) is 13.9. The lowest BCUT2D eigenvalue weighted by Crippen LogP contribution is -2.12. The van der Waals surface area contributed by atoms with Crippen molar-refractivity contribution in [3.8, 4) is 11.4 Å². The number of carbonyl (C=O) groups is 1. The van der Waals surface area contributed by atoms with Crippen molar-refractivity contribution >= 4 is 27.5 Å². The van der Waals surface area contributed by atoms with Gasteiger partial charge in [-0.2, -0.15) is 5.10 Å². The van der Waals surface area contributed by atoms with E-state index in [9.17, 15) is 4.79 Å². The Bertz CT molecular complexity index is 939. The summed E-state index contributed by atoms with van der Waals surface area (Å²) in [6, 6.07) is 7.49. The quantitative estimate of drug-likeness (QED) is 0.671. The molecule has 7 heteroatoms. The predicted octanol–water partition coefficient (Wildman–Crippen LogP) is 4.57. The number of nitrogens with zero attached hydrogens (tertiary/aromatic N) is 2. The minimum absolute atomic E-state index is 0.206. The van der Waals surface area contributed by atoms with E-state index in [1.54, 1.807) is 6.92 Å². The maximum atomic E-state index is 12.5. The summed E-state index contributed by atoms with van der Waals surface area (Å²) in [5.41, 5.74) is 2.14. The van der Waals surface area contributed by atoms with Gasteiger partial charge in [0.25, 0.3) is 5.91 Å². The highest BCUT2D eigenvalue weighted by atomic mass is 79.9. The largest absolute Gasteiger partial charge is 0.465 e. The summed E-state index contributed by atoms with van der Waals surface area (Å²) in [5, 5.41) is 10.2. The van der Waals surface area contributed by atoms with Gasteiger partial charge in [-0.3, -0.25) is 9.89 Å². The number of benzene rings is 1. The topological polar surface area (TPSA) is 83.8 Å². The van der Waals surface area contributed by atoms with Crippen molar-refractivity contribution < 1.29 is 9.21 Å². The van der Waals surface area contributed by atoms with Crippen LogP contribution in [0.25, 0.3) is 11.4 Å². The second-order valence-corrected chi connectivity index (χ2v) is 7.05. The van der Waals surface area contributed by atoms with Crippen LogP contribution >= 0.6 is 15.9 Å². The molecule has 6 nitrogen and oxygen atoms in total. The Hall–Kier alpha value is -2.41. The molecule has 2 heterocycles. The van der Waals surface area contributed by atoms with Gasteiger partial charge in [-0.15, -0.1) is 0 Å². The first kappa shape index (κ1) is 16.1. The van der Waals surface area contributed by atoms with Crippen LogP contribution in [0.5, 0.6) is 0 Å². The van der Waals surface area contributed by atoms with Crippen molar-refractivity contribution in [3.63, 3.8) is 0 Å². The predicted molar refractivity (Wildman–Crippen MR) is 97.6 cm³/mol. The molecular formula is C18H17BrN4O2. The third-order valence-corrected chi connectivity index (χ3v) is 5.24. The number of aryl methyl sites for hydroxylation is 2. The molecule has 3 aromatic rings. The Labute approximate surface area is 153 Å². The van der Waals surface area contributed by atoms with Crippen molar-refractivity contribution in [1.29, 1.82) is 0 Å². The molecule has 0 aliphatic heterocycles. The van der Waals surface area contributed by atoms with Crippen molar-refractivity contribution in [2.24, 2.45) is 0 Å². The lowest BCUT2D eigenvalue weighted by molar-refractivity contribution is 0.102. The van der Waals surface area contributed by atoms with Crippen LogP contribution in [0.3, 0.4) is 0 Å². The second-order valence-electron chi connectivity index (χ2n) is 6.25. The Kier molecular flexibility index (Phi) is 3.95. The van der Waals surface area contributed by atoms with Crippen molar-refractivity contribution in [1.82, 2.24) is 15.2 Å². The molecule has 1 amide bonds.